The standard InChI is InChI=1S/C31H33N3O5/c1-5-38-25-17-22(11-12-24(25)39-18-21-9-7-6-8-10-21)29-26-27(23-16-19(2)15-20(3)30(23)35)32-33-28(26)31(36)34(29)13-14-37-4/h6-12,15-17,29,35H,5,13-14,18H2,1-4H3,(H,32,33). The second-order valence-electron chi connectivity index (χ2n) is 9.65. The quantitative estimate of drug-likeness (QED) is 0.280. The van der Waals surface area contributed by atoms with Gasteiger partial charge in [-0.2, -0.15) is 5.10 Å². The maximum Gasteiger partial charge on any atom is 0.273 e. The highest BCUT2D eigenvalue weighted by molar-refractivity contribution is 6.00. The molecule has 0 spiro atoms. The van der Waals surface area contributed by atoms with Crippen molar-refractivity contribution in [1.82, 2.24) is 15.1 Å². The Morgan fingerprint density at radius 1 is 1.03 bits per heavy atom. The van der Waals surface area contributed by atoms with Crippen LogP contribution in [0, 0.1) is 13.8 Å². The van der Waals surface area contributed by atoms with Crippen LogP contribution in [0.5, 0.6) is 17.2 Å². The molecule has 0 saturated carbocycles. The zero-order valence-electron chi connectivity index (χ0n) is 22.7. The molecular formula is C31H33N3O5. The maximum absolute atomic E-state index is 13.6. The summed E-state index contributed by atoms with van der Waals surface area (Å²) in [6.45, 7) is 7.38. The number of benzene rings is 3. The van der Waals surface area contributed by atoms with Gasteiger partial charge in [-0.25, -0.2) is 0 Å². The molecule has 39 heavy (non-hydrogen) atoms. The molecule has 2 heterocycles. The number of carbonyl (C=O) groups is 1. The number of nitrogens with zero attached hydrogens (tertiary/aromatic N) is 2. The van der Waals surface area contributed by atoms with Gasteiger partial charge in [0, 0.05) is 24.8 Å². The number of methoxy groups -OCH3 is 1. The van der Waals surface area contributed by atoms with E-state index in [1.165, 1.54) is 0 Å². The lowest BCUT2D eigenvalue weighted by Crippen LogP contribution is -2.32. The Labute approximate surface area is 228 Å². The third kappa shape index (κ3) is 5.07. The van der Waals surface area contributed by atoms with E-state index >= 15 is 0 Å². The normalized spacial score (nSPS) is 14.5. The summed E-state index contributed by atoms with van der Waals surface area (Å²) in [7, 11) is 1.61. The van der Waals surface area contributed by atoms with Crippen LogP contribution in [0.4, 0.5) is 0 Å². The van der Waals surface area contributed by atoms with Crippen LogP contribution in [0.1, 0.15) is 51.3 Å². The van der Waals surface area contributed by atoms with E-state index in [1.807, 2.05) is 81.4 Å². The van der Waals surface area contributed by atoms with E-state index in [2.05, 4.69) is 10.2 Å². The molecule has 8 heteroatoms. The number of hydrogen-bond acceptors (Lipinski definition) is 6. The molecule has 1 aliphatic heterocycles. The number of aryl methyl sites for hydroxylation is 2. The molecule has 0 radical (unpaired) electrons. The number of carbonyl (C=O) groups excluding carboxylic acids is 1. The summed E-state index contributed by atoms with van der Waals surface area (Å²) < 4.78 is 17.4. The van der Waals surface area contributed by atoms with E-state index in [1.54, 1.807) is 12.0 Å². The van der Waals surface area contributed by atoms with Crippen molar-refractivity contribution >= 4 is 5.91 Å². The average Bonchev–Trinajstić information content (AvgIpc) is 3.48. The first kappa shape index (κ1) is 26.3. The number of amides is 1. The molecule has 0 saturated heterocycles. The molecule has 1 amide bonds. The fourth-order valence-electron chi connectivity index (χ4n) is 5.13. The highest BCUT2D eigenvalue weighted by Gasteiger charge is 2.42. The molecule has 1 atom stereocenters. The van der Waals surface area contributed by atoms with Crippen LogP contribution in [-0.4, -0.2) is 53.0 Å². The second-order valence-corrected chi connectivity index (χ2v) is 9.65. The Morgan fingerprint density at radius 3 is 2.56 bits per heavy atom. The van der Waals surface area contributed by atoms with Crippen LogP contribution < -0.4 is 9.47 Å². The van der Waals surface area contributed by atoms with Crippen molar-refractivity contribution in [1.29, 1.82) is 0 Å². The van der Waals surface area contributed by atoms with Crippen LogP contribution >= 0.6 is 0 Å². The van der Waals surface area contributed by atoms with Crippen molar-refractivity contribution < 1.29 is 24.1 Å². The van der Waals surface area contributed by atoms with E-state index in [0.29, 0.717) is 54.8 Å². The van der Waals surface area contributed by atoms with Gasteiger partial charge in [-0.05, 0) is 61.2 Å². The van der Waals surface area contributed by atoms with Gasteiger partial charge in [0.2, 0.25) is 0 Å². The highest BCUT2D eigenvalue weighted by Crippen LogP contribution is 2.46. The Balaban J connectivity index is 1.59. The number of nitrogens with one attached hydrogen (secondary N) is 1. The molecule has 3 aromatic carbocycles. The van der Waals surface area contributed by atoms with Gasteiger partial charge in [-0.3, -0.25) is 9.89 Å². The molecule has 1 unspecified atom stereocenters. The maximum atomic E-state index is 13.6. The summed E-state index contributed by atoms with van der Waals surface area (Å²) in [5.41, 5.74) is 5.91. The minimum absolute atomic E-state index is 0.149. The van der Waals surface area contributed by atoms with Crippen molar-refractivity contribution in [2.75, 3.05) is 26.9 Å². The number of aromatic nitrogens is 2. The second kappa shape index (κ2) is 11.2. The number of phenolic OH excluding ortho intramolecular Hbond substituents is 1. The van der Waals surface area contributed by atoms with Crippen molar-refractivity contribution in [3.8, 4) is 28.5 Å². The fraction of sp³-hybridized carbons (Fsp3) is 0.290. The Bertz CT molecular complexity index is 1480. The zero-order chi connectivity index (χ0) is 27.5. The van der Waals surface area contributed by atoms with Gasteiger partial charge in [0.1, 0.15) is 23.7 Å². The van der Waals surface area contributed by atoms with Crippen molar-refractivity contribution in [2.45, 2.75) is 33.4 Å². The summed E-state index contributed by atoms with van der Waals surface area (Å²) in [5.74, 6) is 1.20. The minimum Gasteiger partial charge on any atom is -0.507 e. The predicted molar refractivity (Wildman–Crippen MR) is 148 cm³/mol. The van der Waals surface area contributed by atoms with Crippen molar-refractivity contribution in [3.63, 3.8) is 0 Å². The summed E-state index contributed by atoms with van der Waals surface area (Å²) in [4.78, 5) is 15.3. The molecule has 5 rings (SSSR count). The Hall–Kier alpha value is -4.30. The number of aromatic amines is 1. The third-order valence-electron chi connectivity index (χ3n) is 6.92. The van der Waals surface area contributed by atoms with Crippen LogP contribution in [0.3, 0.4) is 0 Å². The largest absolute Gasteiger partial charge is 0.507 e. The number of ether oxygens (including phenoxy) is 3. The van der Waals surface area contributed by atoms with Crippen LogP contribution in [0.15, 0.2) is 60.7 Å². The molecule has 0 bridgehead atoms. The van der Waals surface area contributed by atoms with Gasteiger partial charge in [0.25, 0.3) is 5.91 Å². The summed E-state index contributed by atoms with van der Waals surface area (Å²) >= 11 is 0. The van der Waals surface area contributed by atoms with E-state index in [9.17, 15) is 9.90 Å². The summed E-state index contributed by atoms with van der Waals surface area (Å²) in [6, 6.07) is 19.1. The highest BCUT2D eigenvalue weighted by atomic mass is 16.5. The lowest BCUT2D eigenvalue weighted by molar-refractivity contribution is 0.0677. The minimum atomic E-state index is -0.459. The van der Waals surface area contributed by atoms with Gasteiger partial charge in [-0.1, -0.05) is 42.5 Å². The Morgan fingerprint density at radius 2 is 1.82 bits per heavy atom. The van der Waals surface area contributed by atoms with Gasteiger partial charge >= 0.3 is 0 Å². The first-order valence-electron chi connectivity index (χ1n) is 13.0. The first-order chi connectivity index (χ1) is 18.9. The summed E-state index contributed by atoms with van der Waals surface area (Å²) in [6.07, 6.45) is 0. The zero-order valence-corrected chi connectivity index (χ0v) is 22.7. The van der Waals surface area contributed by atoms with Crippen LogP contribution in [0.25, 0.3) is 11.3 Å². The third-order valence-corrected chi connectivity index (χ3v) is 6.92. The Kier molecular flexibility index (Phi) is 7.56. The molecule has 1 aliphatic rings. The molecule has 4 aromatic rings. The smallest absolute Gasteiger partial charge is 0.273 e. The number of hydrogen-bond donors (Lipinski definition) is 2. The molecule has 2 N–H and O–H groups in total. The van der Waals surface area contributed by atoms with Gasteiger partial charge < -0.3 is 24.2 Å². The first-order valence-corrected chi connectivity index (χ1v) is 13.0. The lowest BCUT2D eigenvalue weighted by atomic mass is 9.94. The van der Waals surface area contributed by atoms with E-state index in [4.69, 9.17) is 14.2 Å². The molecule has 202 valence electrons. The number of fused-ring (bicyclic) bond motifs is 1. The van der Waals surface area contributed by atoms with Gasteiger partial charge in [0.15, 0.2) is 11.5 Å². The fourth-order valence-corrected chi connectivity index (χ4v) is 5.13. The summed E-state index contributed by atoms with van der Waals surface area (Å²) in [5, 5.41) is 18.4. The van der Waals surface area contributed by atoms with Crippen LogP contribution in [-0.2, 0) is 11.3 Å². The average molecular weight is 528 g/mol. The van der Waals surface area contributed by atoms with E-state index < -0.39 is 6.04 Å². The predicted octanol–water partition coefficient (Wildman–Crippen LogP) is 5.57. The topological polar surface area (TPSA) is 96.9 Å². The van der Waals surface area contributed by atoms with Gasteiger partial charge in [-0.15, -0.1) is 0 Å². The number of phenols is 1. The molecule has 8 nitrogen and oxygen atoms in total. The SMILES string of the molecule is CCOc1cc(C2c3c(-c4cc(C)cc(C)c4O)n[nH]c3C(=O)N2CCOC)ccc1OCc1ccccc1. The lowest BCUT2D eigenvalue weighted by Gasteiger charge is -2.27. The molecular weight excluding hydrogens is 494 g/mol. The van der Waals surface area contributed by atoms with Crippen molar-refractivity contribution in [3.05, 3.63) is 94.2 Å². The van der Waals surface area contributed by atoms with Crippen molar-refractivity contribution in [2.24, 2.45) is 0 Å². The number of aromatic hydroxyl groups is 1. The van der Waals surface area contributed by atoms with Gasteiger partial charge in [0.05, 0.1) is 19.3 Å². The monoisotopic (exact) mass is 527 g/mol. The molecule has 0 fully saturated rings. The number of H-pyrrole nitrogens is 1. The van der Waals surface area contributed by atoms with Crippen LogP contribution in [0.2, 0.25) is 0 Å². The number of rotatable bonds is 10. The molecule has 0 aliphatic carbocycles. The van der Waals surface area contributed by atoms with E-state index in [-0.39, 0.29) is 11.7 Å². The van der Waals surface area contributed by atoms with E-state index in [0.717, 1.165) is 27.8 Å². The molecule has 1 aromatic heterocycles.